The van der Waals surface area contributed by atoms with Gasteiger partial charge in [0.1, 0.15) is 11.4 Å². The maximum Gasteiger partial charge on any atom is 0.261 e. The summed E-state index contributed by atoms with van der Waals surface area (Å²) in [6, 6.07) is 18.2. The fraction of sp³-hybridized carbons (Fsp3) is 0.0645. The van der Waals surface area contributed by atoms with E-state index in [2.05, 4.69) is 15.6 Å². The van der Waals surface area contributed by atoms with Crippen LogP contribution in [0, 0.1) is 11.6 Å². The van der Waals surface area contributed by atoms with Crippen LogP contribution in [0.5, 0.6) is 23.0 Å². The van der Waals surface area contributed by atoms with Crippen LogP contribution in [0.2, 0.25) is 0 Å². The number of hydrogen-bond acceptors (Lipinski definition) is 6. The van der Waals surface area contributed by atoms with Crippen LogP contribution in [-0.2, 0) is 6.54 Å². The van der Waals surface area contributed by atoms with Gasteiger partial charge in [0.25, 0.3) is 5.91 Å². The van der Waals surface area contributed by atoms with Crippen molar-refractivity contribution in [2.45, 2.75) is 13.5 Å². The summed E-state index contributed by atoms with van der Waals surface area (Å²) < 4.78 is 42.0. The molecule has 0 aliphatic carbocycles. The Morgan fingerprint density at radius 3 is 2.61 bits per heavy atom. The van der Waals surface area contributed by atoms with Crippen LogP contribution in [-0.4, -0.2) is 15.5 Å². The van der Waals surface area contributed by atoms with Crippen LogP contribution < -0.4 is 25.5 Å². The number of aryl methyl sites for hydroxylation is 1. The largest absolute Gasteiger partial charge is 0.450 e. The number of rotatable bonds is 6. The molecular formula is C31H22F2N4O4. The quantitative estimate of drug-likeness (QED) is 0.229. The van der Waals surface area contributed by atoms with Crippen molar-refractivity contribution in [3.05, 3.63) is 119 Å². The van der Waals surface area contributed by atoms with E-state index in [1.54, 1.807) is 22.9 Å². The summed E-state index contributed by atoms with van der Waals surface area (Å²) in [5.41, 5.74) is 0.916. The predicted octanol–water partition coefficient (Wildman–Crippen LogP) is 7.10. The third kappa shape index (κ3) is 5.10. The van der Waals surface area contributed by atoms with Crippen molar-refractivity contribution in [3.63, 3.8) is 0 Å². The van der Waals surface area contributed by atoms with Gasteiger partial charge in [0.2, 0.25) is 11.2 Å². The topological polar surface area (TPSA) is 94.5 Å². The summed E-state index contributed by atoms with van der Waals surface area (Å²) in [4.78, 5) is 30.6. The van der Waals surface area contributed by atoms with Crippen LogP contribution in [0.15, 0.2) is 96.2 Å². The minimum Gasteiger partial charge on any atom is -0.450 e. The lowest BCUT2D eigenvalue weighted by Crippen LogP contribution is -2.24. The van der Waals surface area contributed by atoms with Gasteiger partial charge in [-0.3, -0.25) is 9.59 Å². The van der Waals surface area contributed by atoms with Crippen molar-refractivity contribution < 1.29 is 23.0 Å². The van der Waals surface area contributed by atoms with Crippen LogP contribution in [0.25, 0.3) is 11.1 Å². The van der Waals surface area contributed by atoms with Crippen molar-refractivity contribution in [1.82, 2.24) is 9.55 Å². The first kappa shape index (κ1) is 25.8. The van der Waals surface area contributed by atoms with Gasteiger partial charge < -0.3 is 24.7 Å². The number of nitrogens with zero attached hydrogens (tertiary/aromatic N) is 2. The van der Waals surface area contributed by atoms with E-state index in [0.717, 1.165) is 11.8 Å². The molecule has 8 nitrogen and oxygen atoms in total. The molecule has 0 saturated carbocycles. The number of hydrogen-bond donors (Lipinski definition) is 2. The number of fused-ring (bicyclic) bond motifs is 2. The van der Waals surface area contributed by atoms with Gasteiger partial charge in [0.05, 0.1) is 5.69 Å². The second-order valence-corrected chi connectivity index (χ2v) is 9.16. The zero-order valence-electron chi connectivity index (χ0n) is 21.7. The zero-order chi connectivity index (χ0) is 28.5. The Labute approximate surface area is 232 Å². The standard InChI is InChI=1S/C31H22F2N4O4/c1-2-37-16-21(18-7-9-19(32)10-8-18)28(38)22(17-37)31(39)35-20-11-12-25(23(33)15-20)40-27-13-14-34-30-29(27)41-26-6-4-3-5-24(26)36-30/h3-17H,2H2,1H3,(H,34,36)(H,35,39). The average Bonchev–Trinajstić information content (AvgIpc) is 2.98. The normalized spacial score (nSPS) is 11.5. The Balaban J connectivity index is 1.24. The fourth-order valence-electron chi connectivity index (χ4n) is 4.38. The summed E-state index contributed by atoms with van der Waals surface area (Å²) in [6.07, 6.45) is 4.54. The summed E-state index contributed by atoms with van der Waals surface area (Å²) >= 11 is 0. The van der Waals surface area contributed by atoms with Crippen molar-refractivity contribution >= 4 is 23.1 Å². The molecule has 2 N–H and O–H groups in total. The van der Waals surface area contributed by atoms with E-state index in [4.69, 9.17) is 9.47 Å². The first-order chi connectivity index (χ1) is 19.9. The molecule has 0 fully saturated rings. The highest BCUT2D eigenvalue weighted by Gasteiger charge is 2.23. The lowest BCUT2D eigenvalue weighted by molar-refractivity contribution is 0.102. The number of amides is 1. The Morgan fingerprint density at radius 1 is 1.02 bits per heavy atom. The number of ether oxygens (including phenoxy) is 2. The number of carbonyl (C=O) groups is 1. The summed E-state index contributed by atoms with van der Waals surface area (Å²) in [7, 11) is 0. The average molecular weight is 553 g/mol. The highest BCUT2D eigenvalue weighted by atomic mass is 19.1. The SMILES string of the molecule is CCn1cc(C(=O)Nc2ccc(Oc3ccnc4c3Oc3ccccc3N4)c(F)c2)c(=O)c(-c2ccc(F)cc2)c1. The predicted molar refractivity (Wildman–Crippen MR) is 150 cm³/mol. The molecule has 10 heteroatoms. The third-order valence-corrected chi connectivity index (χ3v) is 6.47. The highest BCUT2D eigenvalue weighted by Crippen LogP contribution is 2.46. The molecule has 1 aliphatic heterocycles. The molecule has 0 unspecified atom stereocenters. The number of anilines is 3. The molecule has 0 spiro atoms. The molecule has 0 saturated heterocycles. The number of carbonyl (C=O) groups excluding carboxylic acids is 1. The maximum absolute atomic E-state index is 15.1. The summed E-state index contributed by atoms with van der Waals surface area (Å²) in [6.45, 7) is 2.34. The van der Waals surface area contributed by atoms with Gasteiger partial charge >= 0.3 is 0 Å². The lowest BCUT2D eigenvalue weighted by atomic mass is 10.0. The second-order valence-electron chi connectivity index (χ2n) is 9.16. The van der Waals surface area contributed by atoms with E-state index in [9.17, 15) is 14.0 Å². The molecule has 204 valence electrons. The van der Waals surface area contributed by atoms with E-state index >= 15 is 4.39 Å². The molecular weight excluding hydrogens is 530 g/mol. The van der Waals surface area contributed by atoms with E-state index in [1.807, 2.05) is 25.1 Å². The molecule has 2 aromatic heterocycles. The molecule has 5 aromatic rings. The molecule has 0 radical (unpaired) electrons. The number of aromatic nitrogens is 2. The van der Waals surface area contributed by atoms with Gasteiger partial charge in [0.15, 0.2) is 28.9 Å². The van der Waals surface area contributed by atoms with E-state index in [-0.39, 0.29) is 28.3 Å². The Kier molecular flexibility index (Phi) is 6.64. The first-order valence-electron chi connectivity index (χ1n) is 12.7. The van der Waals surface area contributed by atoms with Gasteiger partial charge in [-0.05, 0) is 48.9 Å². The van der Waals surface area contributed by atoms with Crippen LogP contribution >= 0.6 is 0 Å². The molecule has 0 bridgehead atoms. The monoisotopic (exact) mass is 552 g/mol. The van der Waals surface area contributed by atoms with E-state index in [0.29, 0.717) is 29.4 Å². The molecule has 3 aromatic carbocycles. The van der Waals surface area contributed by atoms with Gasteiger partial charge in [-0.2, -0.15) is 0 Å². The van der Waals surface area contributed by atoms with Gasteiger partial charge in [0, 0.05) is 48.5 Å². The van der Waals surface area contributed by atoms with Crippen LogP contribution in [0.4, 0.5) is 26.0 Å². The van der Waals surface area contributed by atoms with Gasteiger partial charge in [-0.15, -0.1) is 0 Å². The van der Waals surface area contributed by atoms with Crippen molar-refractivity contribution in [2.75, 3.05) is 10.6 Å². The number of para-hydroxylation sites is 2. The molecule has 0 atom stereocenters. The van der Waals surface area contributed by atoms with Gasteiger partial charge in [-0.25, -0.2) is 13.8 Å². The Hall–Kier alpha value is -5.51. The van der Waals surface area contributed by atoms with Crippen molar-refractivity contribution in [3.8, 4) is 34.1 Å². The van der Waals surface area contributed by atoms with Crippen molar-refractivity contribution in [2.24, 2.45) is 0 Å². The smallest absolute Gasteiger partial charge is 0.261 e. The zero-order valence-corrected chi connectivity index (χ0v) is 21.7. The van der Waals surface area contributed by atoms with E-state index in [1.165, 1.54) is 48.8 Å². The number of pyridine rings is 2. The third-order valence-electron chi connectivity index (χ3n) is 6.47. The summed E-state index contributed by atoms with van der Waals surface area (Å²) in [5, 5.41) is 5.73. The molecule has 1 amide bonds. The maximum atomic E-state index is 15.1. The fourth-order valence-corrected chi connectivity index (χ4v) is 4.38. The second kappa shape index (κ2) is 10.6. The van der Waals surface area contributed by atoms with Crippen LogP contribution in [0.3, 0.4) is 0 Å². The van der Waals surface area contributed by atoms with Crippen molar-refractivity contribution in [1.29, 1.82) is 0 Å². The van der Waals surface area contributed by atoms with Gasteiger partial charge in [-0.1, -0.05) is 24.3 Å². The molecule has 6 rings (SSSR count). The molecule has 3 heterocycles. The Bertz CT molecular complexity index is 1850. The number of halogens is 2. The van der Waals surface area contributed by atoms with Crippen LogP contribution in [0.1, 0.15) is 17.3 Å². The first-order valence-corrected chi connectivity index (χ1v) is 12.7. The van der Waals surface area contributed by atoms with E-state index < -0.39 is 23.0 Å². The Morgan fingerprint density at radius 2 is 1.83 bits per heavy atom. The molecule has 1 aliphatic rings. The summed E-state index contributed by atoms with van der Waals surface area (Å²) in [5.74, 6) is -0.467. The minimum atomic E-state index is -0.747. The number of nitrogens with one attached hydrogen (secondary N) is 2. The lowest BCUT2D eigenvalue weighted by Gasteiger charge is -2.22. The highest BCUT2D eigenvalue weighted by molar-refractivity contribution is 6.04. The minimum absolute atomic E-state index is 0.106. The molecule has 41 heavy (non-hydrogen) atoms. The number of benzene rings is 3.